The molecule has 1 aliphatic rings. The SMILES string of the molecule is CCCC1CNCCN1Cc1c(F)cccc1F.Cl. The highest BCUT2D eigenvalue weighted by molar-refractivity contribution is 5.85. The second-order valence-corrected chi connectivity index (χ2v) is 4.82. The van der Waals surface area contributed by atoms with Gasteiger partial charge in [-0.05, 0) is 18.6 Å². The molecule has 1 aromatic carbocycles. The zero-order valence-electron chi connectivity index (χ0n) is 11.2. The number of rotatable bonds is 4. The molecule has 0 bridgehead atoms. The Kier molecular flexibility index (Phi) is 6.69. The van der Waals surface area contributed by atoms with E-state index >= 15 is 0 Å². The molecule has 1 aliphatic heterocycles. The van der Waals surface area contributed by atoms with Gasteiger partial charge in [0.15, 0.2) is 0 Å². The van der Waals surface area contributed by atoms with Gasteiger partial charge in [-0.2, -0.15) is 0 Å². The minimum Gasteiger partial charge on any atom is -0.314 e. The predicted molar refractivity (Wildman–Crippen MR) is 75.6 cm³/mol. The maximum Gasteiger partial charge on any atom is 0.130 e. The molecule has 108 valence electrons. The van der Waals surface area contributed by atoms with Gasteiger partial charge in [0.25, 0.3) is 0 Å². The van der Waals surface area contributed by atoms with Gasteiger partial charge in [-0.15, -0.1) is 12.4 Å². The van der Waals surface area contributed by atoms with Crippen molar-refractivity contribution in [2.24, 2.45) is 0 Å². The number of hydrogen-bond donors (Lipinski definition) is 1. The van der Waals surface area contributed by atoms with Crippen molar-refractivity contribution in [1.82, 2.24) is 10.2 Å². The summed E-state index contributed by atoms with van der Waals surface area (Å²) < 4.78 is 27.3. The van der Waals surface area contributed by atoms with Gasteiger partial charge in [0.05, 0.1) is 0 Å². The molecule has 5 heteroatoms. The zero-order valence-corrected chi connectivity index (χ0v) is 12.0. The summed E-state index contributed by atoms with van der Waals surface area (Å²) >= 11 is 0. The van der Waals surface area contributed by atoms with Crippen LogP contribution in [0.25, 0.3) is 0 Å². The molecule has 0 aromatic heterocycles. The normalized spacial score (nSPS) is 20.1. The fraction of sp³-hybridized carbons (Fsp3) is 0.571. The molecule has 0 spiro atoms. The molecule has 1 atom stereocenters. The molecule has 1 aromatic rings. The summed E-state index contributed by atoms with van der Waals surface area (Å²) in [7, 11) is 0. The number of nitrogens with one attached hydrogen (secondary N) is 1. The summed E-state index contributed by atoms with van der Waals surface area (Å²) in [5, 5.41) is 3.34. The highest BCUT2D eigenvalue weighted by Crippen LogP contribution is 2.18. The third-order valence-electron chi connectivity index (χ3n) is 3.52. The molecule has 1 unspecified atom stereocenters. The minimum absolute atomic E-state index is 0. The Hall–Kier alpha value is -0.710. The van der Waals surface area contributed by atoms with Gasteiger partial charge in [-0.1, -0.05) is 19.4 Å². The minimum atomic E-state index is -0.441. The largest absolute Gasteiger partial charge is 0.314 e. The lowest BCUT2D eigenvalue weighted by atomic mass is 10.1. The van der Waals surface area contributed by atoms with Crippen LogP contribution in [0.2, 0.25) is 0 Å². The van der Waals surface area contributed by atoms with Crippen molar-refractivity contribution in [3.05, 3.63) is 35.4 Å². The van der Waals surface area contributed by atoms with Crippen LogP contribution in [0.4, 0.5) is 8.78 Å². The van der Waals surface area contributed by atoms with Gasteiger partial charge in [0.2, 0.25) is 0 Å². The van der Waals surface area contributed by atoms with Crippen LogP contribution >= 0.6 is 12.4 Å². The smallest absolute Gasteiger partial charge is 0.130 e. The monoisotopic (exact) mass is 290 g/mol. The maximum atomic E-state index is 13.6. The van der Waals surface area contributed by atoms with Crippen molar-refractivity contribution < 1.29 is 8.78 Å². The Morgan fingerprint density at radius 2 is 2.00 bits per heavy atom. The molecular weight excluding hydrogens is 270 g/mol. The van der Waals surface area contributed by atoms with Crippen LogP contribution in [-0.2, 0) is 6.54 Å². The van der Waals surface area contributed by atoms with Gasteiger partial charge < -0.3 is 5.32 Å². The van der Waals surface area contributed by atoms with Crippen molar-refractivity contribution >= 4 is 12.4 Å². The molecule has 2 nitrogen and oxygen atoms in total. The first-order chi connectivity index (χ1) is 8.72. The fourth-order valence-corrected chi connectivity index (χ4v) is 2.52. The van der Waals surface area contributed by atoms with E-state index in [9.17, 15) is 8.78 Å². The predicted octanol–water partition coefficient (Wildman–Crippen LogP) is 2.96. The number of piperazine rings is 1. The van der Waals surface area contributed by atoms with Gasteiger partial charge in [0, 0.05) is 37.8 Å². The topological polar surface area (TPSA) is 15.3 Å². The Balaban J connectivity index is 0.00000180. The number of nitrogens with zero attached hydrogens (tertiary/aromatic N) is 1. The van der Waals surface area contributed by atoms with Crippen molar-refractivity contribution in [3.63, 3.8) is 0 Å². The average Bonchev–Trinajstić information content (AvgIpc) is 2.36. The molecule has 1 N–H and O–H groups in total. The molecule has 1 saturated heterocycles. The first-order valence-electron chi connectivity index (χ1n) is 6.60. The van der Waals surface area contributed by atoms with Crippen LogP contribution in [0.15, 0.2) is 18.2 Å². The Labute approximate surface area is 119 Å². The molecule has 1 heterocycles. The van der Waals surface area contributed by atoms with E-state index in [4.69, 9.17) is 0 Å². The van der Waals surface area contributed by atoms with Gasteiger partial charge in [0.1, 0.15) is 11.6 Å². The summed E-state index contributed by atoms with van der Waals surface area (Å²) in [5.74, 6) is -0.882. The van der Waals surface area contributed by atoms with Crippen LogP contribution in [0.3, 0.4) is 0 Å². The van der Waals surface area contributed by atoms with E-state index in [2.05, 4.69) is 17.1 Å². The summed E-state index contributed by atoms with van der Waals surface area (Å²) in [6.45, 7) is 5.14. The first kappa shape index (κ1) is 16.3. The van der Waals surface area contributed by atoms with Crippen molar-refractivity contribution in [3.8, 4) is 0 Å². The summed E-state index contributed by atoms with van der Waals surface area (Å²) in [6, 6.07) is 4.45. The zero-order chi connectivity index (χ0) is 13.0. The molecule has 19 heavy (non-hydrogen) atoms. The standard InChI is InChI=1S/C14H20F2N2.ClH/c1-2-4-11-9-17-7-8-18(11)10-12-13(15)5-3-6-14(12)16;/h3,5-6,11,17H,2,4,7-10H2,1H3;1H. The summed E-state index contributed by atoms with van der Waals surface area (Å²) in [4.78, 5) is 2.18. The molecular formula is C14H21ClF2N2. The van der Waals surface area contributed by atoms with E-state index in [-0.39, 0.29) is 18.0 Å². The highest BCUT2D eigenvalue weighted by Gasteiger charge is 2.23. The molecule has 1 fully saturated rings. The molecule has 0 amide bonds. The Bertz CT molecular complexity index is 379. The summed E-state index contributed by atoms with van der Waals surface area (Å²) in [5.41, 5.74) is 0.195. The van der Waals surface area contributed by atoms with E-state index in [1.807, 2.05) is 0 Å². The van der Waals surface area contributed by atoms with Crippen LogP contribution in [0, 0.1) is 11.6 Å². The lowest BCUT2D eigenvalue weighted by Gasteiger charge is -2.36. The van der Waals surface area contributed by atoms with Crippen LogP contribution in [0.5, 0.6) is 0 Å². The van der Waals surface area contributed by atoms with E-state index in [1.165, 1.54) is 18.2 Å². The van der Waals surface area contributed by atoms with Crippen molar-refractivity contribution in [2.75, 3.05) is 19.6 Å². The number of halogens is 3. The van der Waals surface area contributed by atoms with Crippen LogP contribution in [0.1, 0.15) is 25.3 Å². The first-order valence-corrected chi connectivity index (χ1v) is 6.60. The van der Waals surface area contributed by atoms with E-state index in [1.54, 1.807) is 0 Å². The third kappa shape index (κ3) is 4.13. The Morgan fingerprint density at radius 3 is 2.63 bits per heavy atom. The van der Waals surface area contributed by atoms with Gasteiger partial charge >= 0.3 is 0 Å². The highest BCUT2D eigenvalue weighted by atomic mass is 35.5. The van der Waals surface area contributed by atoms with Gasteiger partial charge in [-0.3, -0.25) is 4.90 Å². The molecule has 0 radical (unpaired) electrons. The van der Waals surface area contributed by atoms with Crippen molar-refractivity contribution in [2.45, 2.75) is 32.4 Å². The fourth-order valence-electron chi connectivity index (χ4n) is 2.52. The number of hydrogen-bond acceptors (Lipinski definition) is 2. The number of benzene rings is 1. The van der Waals surface area contributed by atoms with E-state index in [0.717, 1.165) is 32.5 Å². The average molecular weight is 291 g/mol. The van der Waals surface area contributed by atoms with Crippen molar-refractivity contribution in [1.29, 1.82) is 0 Å². The van der Waals surface area contributed by atoms with Gasteiger partial charge in [-0.25, -0.2) is 8.78 Å². The van der Waals surface area contributed by atoms with Crippen LogP contribution in [-0.4, -0.2) is 30.6 Å². The Morgan fingerprint density at radius 1 is 1.32 bits per heavy atom. The second kappa shape index (κ2) is 7.78. The van der Waals surface area contributed by atoms with E-state index in [0.29, 0.717) is 12.6 Å². The van der Waals surface area contributed by atoms with Crippen LogP contribution < -0.4 is 5.32 Å². The lowest BCUT2D eigenvalue weighted by molar-refractivity contribution is 0.141. The third-order valence-corrected chi connectivity index (χ3v) is 3.52. The maximum absolute atomic E-state index is 13.6. The second-order valence-electron chi connectivity index (χ2n) is 4.82. The lowest BCUT2D eigenvalue weighted by Crippen LogP contribution is -2.50. The molecule has 0 aliphatic carbocycles. The molecule has 0 saturated carbocycles. The quantitative estimate of drug-likeness (QED) is 0.917. The molecule has 2 rings (SSSR count). The van der Waals surface area contributed by atoms with E-state index < -0.39 is 11.6 Å². The summed E-state index contributed by atoms with van der Waals surface area (Å²) in [6.07, 6.45) is 2.14.